The maximum atomic E-state index is 13.1. The Balaban J connectivity index is 1.42. The van der Waals surface area contributed by atoms with E-state index in [4.69, 9.17) is 9.15 Å². The summed E-state index contributed by atoms with van der Waals surface area (Å²) in [5, 5.41) is 6.02. The maximum Gasteiger partial charge on any atom is 0.291 e. The number of carbonyl (C=O) groups is 1. The zero-order valence-corrected chi connectivity index (χ0v) is 18.9. The van der Waals surface area contributed by atoms with E-state index in [0.29, 0.717) is 29.6 Å². The lowest BCUT2D eigenvalue weighted by atomic mass is 10.3. The number of morpholine rings is 1. The van der Waals surface area contributed by atoms with E-state index in [1.165, 1.54) is 40.7 Å². The molecule has 1 amide bonds. The van der Waals surface area contributed by atoms with Crippen molar-refractivity contribution < 1.29 is 39.9 Å². The average molecular weight is 516 g/mol. The molecule has 0 atom stereocenters. The third-order valence-electron chi connectivity index (χ3n) is 5.19. The van der Waals surface area contributed by atoms with Gasteiger partial charge < -0.3 is 14.5 Å². The number of ether oxygens (including phenoxy) is 1. The Hall–Kier alpha value is -3.23. The Morgan fingerprint density at radius 1 is 1.03 bits per heavy atom. The highest BCUT2D eigenvalue weighted by atomic mass is 32.2. The molecular weight excluding hydrogens is 496 g/mol. The van der Waals surface area contributed by atoms with Crippen molar-refractivity contribution in [3.8, 4) is 0 Å². The molecule has 9 nitrogen and oxygen atoms in total. The van der Waals surface area contributed by atoms with E-state index in [2.05, 4.69) is 10.4 Å². The smallest absolute Gasteiger partial charge is 0.291 e. The summed E-state index contributed by atoms with van der Waals surface area (Å²) in [5.41, 5.74) is -1.19. The van der Waals surface area contributed by atoms with Gasteiger partial charge in [-0.15, -0.1) is 0 Å². The van der Waals surface area contributed by atoms with E-state index in [0.717, 1.165) is 0 Å². The van der Waals surface area contributed by atoms with Gasteiger partial charge in [-0.1, -0.05) is 0 Å². The van der Waals surface area contributed by atoms with Crippen molar-refractivity contribution in [2.24, 2.45) is 0 Å². The van der Waals surface area contributed by atoms with Gasteiger partial charge in [-0.25, -0.2) is 26.0 Å². The van der Waals surface area contributed by atoms with Crippen molar-refractivity contribution in [2.45, 2.75) is 24.3 Å². The lowest BCUT2D eigenvalue weighted by Gasteiger charge is -2.26. The van der Waals surface area contributed by atoms with Gasteiger partial charge in [-0.3, -0.25) is 9.48 Å². The molecule has 3 aromatic rings. The SMILES string of the molecule is O=C(Nc1ccc(S(=O)(=O)N2CCOCC2)cc1)c1ccc(Cn2nc(C(F)F)cc2C(F)F)o1. The van der Waals surface area contributed by atoms with Gasteiger partial charge in [-0.05, 0) is 42.5 Å². The van der Waals surface area contributed by atoms with E-state index in [9.17, 15) is 30.8 Å². The molecule has 0 unspecified atom stereocenters. The number of hydrogen-bond acceptors (Lipinski definition) is 6. The highest BCUT2D eigenvalue weighted by Crippen LogP contribution is 2.26. The minimum atomic E-state index is -3.69. The molecule has 0 saturated carbocycles. The number of alkyl halides is 4. The third-order valence-corrected chi connectivity index (χ3v) is 7.10. The van der Waals surface area contributed by atoms with Gasteiger partial charge >= 0.3 is 0 Å². The molecule has 14 heteroatoms. The number of hydrogen-bond donors (Lipinski definition) is 1. The van der Waals surface area contributed by atoms with Crippen LogP contribution in [0.5, 0.6) is 0 Å². The molecule has 2 aromatic heterocycles. The summed E-state index contributed by atoms with van der Waals surface area (Å²) >= 11 is 0. The first kappa shape index (κ1) is 24.9. The summed E-state index contributed by atoms with van der Waals surface area (Å²) in [6.07, 6.45) is -6.04. The zero-order chi connectivity index (χ0) is 25.2. The zero-order valence-electron chi connectivity index (χ0n) is 18.0. The van der Waals surface area contributed by atoms with Gasteiger partial charge in [0.25, 0.3) is 18.8 Å². The van der Waals surface area contributed by atoms with Gasteiger partial charge in [0.15, 0.2) is 5.76 Å². The molecular formula is C21H20F4N4O5S. The molecule has 35 heavy (non-hydrogen) atoms. The van der Waals surface area contributed by atoms with Gasteiger partial charge in [0, 0.05) is 18.8 Å². The van der Waals surface area contributed by atoms with Crippen LogP contribution < -0.4 is 5.32 Å². The Morgan fingerprint density at radius 3 is 2.34 bits per heavy atom. The summed E-state index contributed by atoms with van der Waals surface area (Å²) in [7, 11) is -3.69. The fourth-order valence-electron chi connectivity index (χ4n) is 3.43. The number of benzene rings is 1. The monoisotopic (exact) mass is 516 g/mol. The number of sulfonamides is 1. The second kappa shape index (κ2) is 10.2. The number of nitrogens with one attached hydrogen (secondary N) is 1. The lowest BCUT2D eigenvalue weighted by molar-refractivity contribution is 0.0730. The van der Waals surface area contributed by atoms with E-state index in [1.807, 2.05) is 0 Å². The highest BCUT2D eigenvalue weighted by Gasteiger charge is 2.26. The van der Waals surface area contributed by atoms with E-state index in [1.54, 1.807) is 0 Å². The Kier molecular flexibility index (Phi) is 7.23. The lowest BCUT2D eigenvalue weighted by Crippen LogP contribution is -2.40. The summed E-state index contributed by atoms with van der Waals surface area (Å²) in [4.78, 5) is 12.6. The van der Waals surface area contributed by atoms with Gasteiger partial charge in [0.1, 0.15) is 17.1 Å². The fourth-order valence-corrected chi connectivity index (χ4v) is 4.84. The minimum absolute atomic E-state index is 0.0490. The van der Waals surface area contributed by atoms with Crippen LogP contribution in [0, 0.1) is 0 Å². The molecule has 0 radical (unpaired) electrons. The van der Waals surface area contributed by atoms with Gasteiger partial charge in [0.2, 0.25) is 10.0 Å². The van der Waals surface area contributed by atoms with E-state index >= 15 is 0 Å². The standard InChI is InChI=1S/C21H20F4N4O5S/c22-19(23)16-11-17(20(24)25)29(27-16)12-14-3-6-18(34-14)21(30)26-13-1-4-15(5-2-13)35(31,32)28-7-9-33-10-8-28/h1-6,11,19-20H,7-10,12H2,(H,26,30). The average Bonchev–Trinajstić information content (AvgIpc) is 3.48. The number of carbonyl (C=O) groups excluding carboxylic acids is 1. The predicted molar refractivity (Wildman–Crippen MR) is 114 cm³/mol. The van der Waals surface area contributed by atoms with Crippen LogP contribution in [-0.4, -0.2) is 54.7 Å². The van der Waals surface area contributed by atoms with Crippen molar-refractivity contribution in [2.75, 3.05) is 31.6 Å². The number of anilines is 1. The first-order valence-corrected chi connectivity index (χ1v) is 11.8. The van der Waals surface area contributed by atoms with E-state index in [-0.39, 0.29) is 36.1 Å². The molecule has 0 bridgehead atoms. The Morgan fingerprint density at radius 2 is 1.71 bits per heavy atom. The van der Waals surface area contributed by atoms with Crippen LogP contribution in [0.2, 0.25) is 0 Å². The number of halogens is 4. The topological polar surface area (TPSA) is 107 Å². The number of aromatic nitrogens is 2. The normalized spacial score (nSPS) is 15.1. The summed E-state index contributed by atoms with van der Waals surface area (Å²) in [6.45, 7) is 0.754. The molecule has 188 valence electrons. The fraction of sp³-hybridized carbons (Fsp3) is 0.333. The van der Waals surface area contributed by atoms with Crippen molar-refractivity contribution in [3.05, 3.63) is 65.4 Å². The van der Waals surface area contributed by atoms with Crippen LogP contribution in [0.3, 0.4) is 0 Å². The summed E-state index contributed by atoms with van der Waals surface area (Å²) in [5.74, 6) is -0.791. The number of nitrogens with zero attached hydrogens (tertiary/aromatic N) is 3. The van der Waals surface area contributed by atoms with Crippen molar-refractivity contribution >= 4 is 21.6 Å². The second-order valence-corrected chi connectivity index (χ2v) is 9.45. The van der Waals surface area contributed by atoms with Crippen molar-refractivity contribution in [3.63, 3.8) is 0 Å². The molecule has 1 aliphatic heterocycles. The molecule has 0 spiro atoms. The molecule has 1 aliphatic rings. The minimum Gasteiger partial charge on any atom is -0.454 e. The molecule has 1 fully saturated rings. The first-order valence-electron chi connectivity index (χ1n) is 10.4. The van der Waals surface area contributed by atoms with Crippen LogP contribution in [0.4, 0.5) is 23.2 Å². The van der Waals surface area contributed by atoms with Crippen LogP contribution in [-0.2, 0) is 21.3 Å². The molecule has 1 N–H and O–H groups in total. The molecule has 1 aromatic carbocycles. The first-order chi connectivity index (χ1) is 16.6. The molecule has 1 saturated heterocycles. The maximum absolute atomic E-state index is 13.1. The Labute approximate surface area is 197 Å². The predicted octanol–water partition coefficient (Wildman–Crippen LogP) is 3.67. The molecule has 3 heterocycles. The Bertz CT molecular complexity index is 1290. The number of rotatable bonds is 8. The van der Waals surface area contributed by atoms with Gasteiger partial charge in [-0.2, -0.15) is 9.40 Å². The van der Waals surface area contributed by atoms with Crippen LogP contribution >= 0.6 is 0 Å². The molecule has 0 aliphatic carbocycles. The second-order valence-electron chi connectivity index (χ2n) is 7.51. The quantitative estimate of drug-likeness (QED) is 0.458. The largest absolute Gasteiger partial charge is 0.454 e. The number of amides is 1. The van der Waals surface area contributed by atoms with Gasteiger partial charge in [0.05, 0.1) is 24.7 Å². The van der Waals surface area contributed by atoms with Crippen LogP contribution in [0.15, 0.2) is 51.8 Å². The van der Waals surface area contributed by atoms with Crippen molar-refractivity contribution in [1.29, 1.82) is 0 Å². The third kappa shape index (κ3) is 5.55. The summed E-state index contributed by atoms with van der Waals surface area (Å²) in [6, 6.07) is 8.80. The van der Waals surface area contributed by atoms with E-state index < -0.39 is 40.2 Å². The highest BCUT2D eigenvalue weighted by molar-refractivity contribution is 7.89. The van der Waals surface area contributed by atoms with Crippen LogP contribution in [0.25, 0.3) is 0 Å². The van der Waals surface area contributed by atoms with Crippen molar-refractivity contribution in [1.82, 2.24) is 14.1 Å². The summed E-state index contributed by atoms with van der Waals surface area (Å²) < 4.78 is 89.8. The molecule has 4 rings (SSSR count). The number of furan rings is 1. The van der Waals surface area contributed by atoms with Crippen LogP contribution in [0.1, 0.15) is 40.6 Å².